The summed E-state index contributed by atoms with van der Waals surface area (Å²) < 4.78 is 33.0. The van der Waals surface area contributed by atoms with Crippen molar-refractivity contribution in [3.8, 4) is 0 Å². The minimum absolute atomic E-state index is 0.0191. The molecule has 618 valence electrons. The summed E-state index contributed by atoms with van der Waals surface area (Å²) in [5, 5.41) is 10.2. The SMILES string of the molecule is CC(C)(C)/C=C\NC(C)(C)C.CC(C)(C)C=NCC(C)(C)C.CC(C)(C)CC=NC(C)(C)C.CC(C)(C)CCCOC(C)(C)C.CC(C)(C)CCNC(C)(C)C.CC(C)(C)CCOC(C)(C)C.CC(C)(C)CNCC(C)(C)C.CC(C)(C)OCCOC(C)(C)C.CC(C)(C)OCOC(C)(C)C. The smallest absolute Gasteiger partial charge is 0.148 e. The molecule has 0 aliphatic rings. The highest BCUT2D eigenvalue weighted by Crippen LogP contribution is 2.24. The Morgan fingerprint density at radius 3 is 0.881 bits per heavy atom. The molecule has 0 aromatic heterocycles. The molecule has 0 aliphatic carbocycles. The van der Waals surface area contributed by atoms with Gasteiger partial charge < -0.3 is 44.4 Å². The van der Waals surface area contributed by atoms with E-state index in [1.807, 2.05) is 102 Å². The Kier molecular flexibility index (Phi) is 59.6. The quantitative estimate of drug-likeness (QED) is 0.0744. The number of nitrogens with zero attached hydrogens (tertiary/aromatic N) is 2. The molecule has 11 heteroatoms. The molecule has 0 rings (SSSR count). The van der Waals surface area contributed by atoms with Gasteiger partial charge in [0.2, 0.25) is 0 Å². The highest BCUT2D eigenvalue weighted by Gasteiger charge is 2.20. The molecule has 0 fully saturated rings. The summed E-state index contributed by atoms with van der Waals surface area (Å²) in [4.78, 5) is 8.81. The minimum atomic E-state index is -0.106. The van der Waals surface area contributed by atoms with Crippen molar-refractivity contribution in [3.05, 3.63) is 12.3 Å². The fraction of sp³-hybridized carbons (Fsp3) is 0.956. The highest BCUT2D eigenvalue weighted by molar-refractivity contribution is 5.63. The number of rotatable bonds is 17. The summed E-state index contributed by atoms with van der Waals surface area (Å²) in [6, 6.07) is 0. The third-order valence-corrected chi connectivity index (χ3v) is 11.3. The van der Waals surface area contributed by atoms with E-state index >= 15 is 0 Å². The molecule has 0 aliphatic heterocycles. The molecule has 0 amide bonds. The third kappa shape index (κ3) is 175. The first kappa shape index (κ1) is 118. The van der Waals surface area contributed by atoms with E-state index in [9.17, 15) is 0 Å². The van der Waals surface area contributed by atoms with Crippen LogP contribution in [0.5, 0.6) is 0 Å². The molecule has 3 N–H and O–H groups in total. The van der Waals surface area contributed by atoms with Crippen LogP contribution >= 0.6 is 0 Å². The van der Waals surface area contributed by atoms with Crippen molar-refractivity contribution in [2.24, 2.45) is 58.7 Å². The van der Waals surface area contributed by atoms with Gasteiger partial charge in [-0.15, -0.1) is 0 Å². The van der Waals surface area contributed by atoms with E-state index in [1.54, 1.807) is 0 Å². The number of allylic oxidation sites excluding steroid dienone is 1. The van der Waals surface area contributed by atoms with E-state index in [0.29, 0.717) is 57.9 Å². The van der Waals surface area contributed by atoms with Crippen LogP contribution in [0.3, 0.4) is 0 Å². The molecule has 0 aromatic carbocycles. The van der Waals surface area contributed by atoms with E-state index in [4.69, 9.17) is 28.4 Å². The fourth-order valence-corrected chi connectivity index (χ4v) is 6.08. The van der Waals surface area contributed by atoms with Crippen LogP contribution in [-0.2, 0) is 28.4 Å². The van der Waals surface area contributed by atoms with Crippen molar-refractivity contribution >= 4 is 12.4 Å². The first-order valence-corrected chi connectivity index (χ1v) is 39.2. The summed E-state index contributed by atoms with van der Waals surface area (Å²) in [7, 11) is 0. The van der Waals surface area contributed by atoms with Crippen LogP contribution in [-0.4, -0.2) is 122 Å². The topological polar surface area (TPSA) is 116 Å². The molecule has 0 saturated heterocycles. The standard InChI is InChI=1S/C11H24O.C10H23N.C10H21N.C10H23N.2C10H21N.C10H22O2.C10H22O.C9H20O2/c1-10(2,3)8-7-9-12-11(4,5)6;2*1-9(2,3)7-11-8-10(4,5)6;3*1-9(2,3)7-8-11-10(4,5)6;1-9(2,3)11-7-8-12-10(4,5)6;1-9(2,3)7-8-11-10(4,5)6;1-8(2,3)10-7-11-9(4,5)6/h7-9H2,1-6H3;11H,7-8H2,1-6H3;7H,8H2,1-6H3;11H,7-8H2,1-6H3;8H,7H2,1-6H3;7-8,11H,1-6H3;7-8H2,1-6H3;7-8H2,1-6H3;7H2,1-6H3/b;;;;;8-7-;;;. The zero-order valence-corrected chi connectivity index (χ0v) is 80.1. The second-order valence-electron chi connectivity index (χ2n) is 47.4. The summed E-state index contributed by atoms with van der Waals surface area (Å²) in [6.45, 7) is 124. The Bertz CT molecular complexity index is 1650. The van der Waals surface area contributed by atoms with Crippen molar-refractivity contribution in [2.75, 3.05) is 59.4 Å². The molecule has 0 bridgehead atoms. The fourth-order valence-electron chi connectivity index (χ4n) is 6.08. The van der Waals surface area contributed by atoms with Gasteiger partial charge in [-0.25, -0.2) is 0 Å². The van der Waals surface area contributed by atoms with Gasteiger partial charge in [-0.2, -0.15) is 0 Å². The van der Waals surface area contributed by atoms with Crippen LogP contribution in [0.1, 0.15) is 406 Å². The average molecular weight is 1450 g/mol. The van der Waals surface area contributed by atoms with Crippen molar-refractivity contribution in [2.45, 2.75) is 456 Å². The number of nitrogens with one attached hydrogen (secondary N) is 3. The molecule has 0 unspecified atom stereocenters. The molecule has 0 atom stereocenters. The van der Waals surface area contributed by atoms with Crippen molar-refractivity contribution < 1.29 is 28.4 Å². The molecule has 0 spiro atoms. The molecular formula is C90H197N5O6. The maximum absolute atomic E-state index is 5.62. The normalized spacial score (nSPS) is 13.8. The highest BCUT2D eigenvalue weighted by atomic mass is 16.7. The molecule has 0 heterocycles. The lowest BCUT2D eigenvalue weighted by atomic mass is 9.91. The van der Waals surface area contributed by atoms with Gasteiger partial charge >= 0.3 is 0 Å². The number of hydrogen-bond acceptors (Lipinski definition) is 11. The predicted molar refractivity (Wildman–Crippen MR) is 462 cm³/mol. The molecular weight excluding hydrogens is 1250 g/mol. The second kappa shape index (κ2) is 51.0. The summed E-state index contributed by atoms with van der Waals surface area (Å²) in [6.07, 6.45) is 14.1. The van der Waals surface area contributed by atoms with Crippen LogP contribution in [0, 0.1) is 48.7 Å². The zero-order chi connectivity index (χ0) is 83.5. The first-order chi connectivity index (χ1) is 43.4. The Morgan fingerprint density at radius 2 is 0.634 bits per heavy atom. The van der Waals surface area contributed by atoms with Crippen LogP contribution < -0.4 is 16.0 Å². The summed E-state index contributed by atoms with van der Waals surface area (Å²) in [5.41, 5.74) is 3.57. The maximum Gasteiger partial charge on any atom is 0.148 e. The van der Waals surface area contributed by atoms with E-state index in [-0.39, 0.29) is 61.1 Å². The largest absolute Gasteiger partial charge is 0.387 e. The Hall–Kier alpha value is -1.44. The van der Waals surface area contributed by atoms with Crippen LogP contribution in [0.15, 0.2) is 22.3 Å². The monoisotopic (exact) mass is 1440 g/mol. The van der Waals surface area contributed by atoms with Crippen molar-refractivity contribution in [3.63, 3.8) is 0 Å². The van der Waals surface area contributed by atoms with Crippen LogP contribution in [0.2, 0.25) is 0 Å². The van der Waals surface area contributed by atoms with Crippen molar-refractivity contribution in [1.29, 1.82) is 0 Å². The van der Waals surface area contributed by atoms with Gasteiger partial charge in [-0.05, 0) is 287 Å². The number of ether oxygens (including phenoxy) is 6. The van der Waals surface area contributed by atoms with Gasteiger partial charge in [-0.1, -0.05) is 193 Å². The third-order valence-electron chi connectivity index (χ3n) is 11.3. The molecule has 11 nitrogen and oxygen atoms in total. The van der Waals surface area contributed by atoms with E-state index in [2.05, 4.69) is 323 Å². The molecule has 101 heavy (non-hydrogen) atoms. The zero-order valence-electron chi connectivity index (χ0n) is 80.1. The first-order valence-electron chi connectivity index (χ1n) is 39.2. The van der Waals surface area contributed by atoms with Crippen molar-refractivity contribution in [1.82, 2.24) is 16.0 Å². The summed E-state index contributed by atoms with van der Waals surface area (Å²) >= 11 is 0. The number of hydrogen-bond donors (Lipinski definition) is 3. The maximum atomic E-state index is 5.62. The van der Waals surface area contributed by atoms with Gasteiger partial charge in [0, 0.05) is 50.1 Å². The van der Waals surface area contributed by atoms with Gasteiger partial charge in [0.15, 0.2) is 0 Å². The lowest BCUT2D eigenvalue weighted by molar-refractivity contribution is -0.163. The average Bonchev–Trinajstić information content (AvgIpc) is 1.19. The van der Waals surface area contributed by atoms with Crippen LogP contribution in [0.25, 0.3) is 0 Å². The molecule has 0 aromatic rings. The lowest BCUT2D eigenvalue weighted by Gasteiger charge is -2.24. The van der Waals surface area contributed by atoms with Gasteiger partial charge in [0.1, 0.15) is 6.79 Å². The van der Waals surface area contributed by atoms with Crippen LogP contribution in [0.4, 0.5) is 0 Å². The van der Waals surface area contributed by atoms with Gasteiger partial charge in [0.05, 0.1) is 52.4 Å². The summed E-state index contributed by atoms with van der Waals surface area (Å²) in [5.74, 6) is 0. The van der Waals surface area contributed by atoms with Gasteiger partial charge in [0.25, 0.3) is 0 Å². The molecule has 0 radical (unpaired) electrons. The second-order valence-corrected chi connectivity index (χ2v) is 47.4. The van der Waals surface area contributed by atoms with E-state index in [0.717, 1.165) is 52.2 Å². The van der Waals surface area contributed by atoms with Gasteiger partial charge in [-0.3, -0.25) is 9.98 Å². The minimum Gasteiger partial charge on any atom is -0.387 e. The Balaban J connectivity index is -0.000000135. The molecule has 0 saturated carbocycles. The van der Waals surface area contributed by atoms with E-state index in [1.165, 1.54) is 19.3 Å². The lowest BCUT2D eigenvalue weighted by Crippen LogP contribution is -2.37. The number of aliphatic imine (C=N–C) groups is 2. The Labute approximate surface area is 640 Å². The predicted octanol–water partition coefficient (Wildman–Crippen LogP) is 26.9. The van der Waals surface area contributed by atoms with E-state index < -0.39 is 0 Å². The Morgan fingerprint density at radius 1 is 0.307 bits per heavy atom.